The van der Waals surface area contributed by atoms with Crippen LogP contribution in [0.25, 0.3) is 0 Å². The van der Waals surface area contributed by atoms with Crippen LogP contribution in [0.2, 0.25) is 5.02 Å². The quantitative estimate of drug-likeness (QED) is 0.887. The summed E-state index contributed by atoms with van der Waals surface area (Å²) in [4.78, 5) is 20.2. The molecule has 2 aromatic rings. The molecule has 1 aromatic carbocycles. The second-order valence-corrected chi connectivity index (χ2v) is 4.60. The Balaban J connectivity index is 2.21. The van der Waals surface area contributed by atoms with Crippen LogP contribution in [0.5, 0.6) is 0 Å². The van der Waals surface area contributed by atoms with Gasteiger partial charge in [0.05, 0.1) is 11.8 Å². The highest BCUT2D eigenvalue weighted by atomic mass is 35.5. The van der Waals surface area contributed by atoms with Crippen LogP contribution in [-0.4, -0.2) is 22.4 Å². The van der Waals surface area contributed by atoms with Gasteiger partial charge >= 0.3 is 0 Å². The highest BCUT2D eigenvalue weighted by molar-refractivity contribution is 6.31. The van der Waals surface area contributed by atoms with Crippen LogP contribution in [0.4, 0.5) is 11.5 Å². The highest BCUT2D eigenvalue weighted by Crippen LogP contribution is 2.21. The van der Waals surface area contributed by atoms with Crippen molar-refractivity contribution >= 4 is 29.0 Å². The molecule has 5 nitrogen and oxygen atoms in total. The van der Waals surface area contributed by atoms with Gasteiger partial charge in [0.25, 0.3) is 5.91 Å². The van der Waals surface area contributed by atoms with E-state index in [2.05, 4.69) is 27.5 Å². The summed E-state index contributed by atoms with van der Waals surface area (Å²) in [6.07, 6.45) is 5.52. The first kappa shape index (κ1) is 14.3. The van der Waals surface area contributed by atoms with Crippen molar-refractivity contribution in [2.45, 2.75) is 13.3 Å². The molecule has 20 heavy (non-hydrogen) atoms. The van der Waals surface area contributed by atoms with Gasteiger partial charge in [-0.3, -0.25) is 9.78 Å². The van der Waals surface area contributed by atoms with E-state index in [9.17, 15) is 4.79 Å². The maximum atomic E-state index is 12.3. The third kappa shape index (κ3) is 3.68. The van der Waals surface area contributed by atoms with Crippen LogP contribution >= 0.6 is 11.6 Å². The standard InChI is InChI=1S/C14H15ClN4O/c1-2-5-17-12-4-3-10(15)8-11(12)14(20)19-13-9-16-6-7-18-13/h3-4,6-9,17H,2,5H2,1H3,(H,18,19,20). The summed E-state index contributed by atoms with van der Waals surface area (Å²) in [6.45, 7) is 2.84. The lowest BCUT2D eigenvalue weighted by atomic mass is 10.1. The second-order valence-electron chi connectivity index (χ2n) is 4.16. The van der Waals surface area contributed by atoms with E-state index in [1.165, 1.54) is 12.4 Å². The third-order valence-electron chi connectivity index (χ3n) is 2.60. The number of rotatable bonds is 5. The minimum atomic E-state index is -0.272. The van der Waals surface area contributed by atoms with Gasteiger partial charge in [-0.2, -0.15) is 0 Å². The Morgan fingerprint density at radius 2 is 2.20 bits per heavy atom. The van der Waals surface area contributed by atoms with Crippen molar-refractivity contribution in [3.8, 4) is 0 Å². The van der Waals surface area contributed by atoms with Crippen molar-refractivity contribution in [1.29, 1.82) is 0 Å². The first-order valence-corrected chi connectivity index (χ1v) is 6.69. The molecule has 1 aromatic heterocycles. The molecule has 0 unspecified atom stereocenters. The van der Waals surface area contributed by atoms with Crippen LogP contribution in [0, 0.1) is 0 Å². The molecular weight excluding hydrogens is 276 g/mol. The smallest absolute Gasteiger partial charge is 0.259 e. The lowest BCUT2D eigenvalue weighted by molar-refractivity contribution is 0.102. The molecule has 0 aliphatic heterocycles. The predicted molar refractivity (Wildman–Crippen MR) is 80.2 cm³/mol. The monoisotopic (exact) mass is 290 g/mol. The van der Waals surface area contributed by atoms with Crippen molar-refractivity contribution in [1.82, 2.24) is 9.97 Å². The molecule has 0 radical (unpaired) electrons. The zero-order chi connectivity index (χ0) is 14.4. The second kappa shape index (κ2) is 6.86. The number of aromatic nitrogens is 2. The SMILES string of the molecule is CCCNc1ccc(Cl)cc1C(=O)Nc1cnccn1. The van der Waals surface area contributed by atoms with Crippen LogP contribution in [-0.2, 0) is 0 Å². The molecule has 0 aliphatic rings. The van der Waals surface area contributed by atoms with Gasteiger partial charge in [-0.15, -0.1) is 0 Å². The van der Waals surface area contributed by atoms with Crippen LogP contribution < -0.4 is 10.6 Å². The number of hydrogen-bond acceptors (Lipinski definition) is 4. The largest absolute Gasteiger partial charge is 0.384 e. The number of benzene rings is 1. The summed E-state index contributed by atoms with van der Waals surface area (Å²) in [5.41, 5.74) is 1.23. The van der Waals surface area contributed by atoms with Crippen LogP contribution in [0.3, 0.4) is 0 Å². The average molecular weight is 291 g/mol. The van der Waals surface area contributed by atoms with E-state index in [0.717, 1.165) is 18.7 Å². The van der Waals surface area contributed by atoms with E-state index in [-0.39, 0.29) is 5.91 Å². The molecule has 0 fully saturated rings. The van der Waals surface area contributed by atoms with E-state index < -0.39 is 0 Å². The zero-order valence-corrected chi connectivity index (χ0v) is 11.8. The molecule has 0 spiro atoms. The Labute approximate surface area is 122 Å². The molecule has 0 bridgehead atoms. The molecule has 2 N–H and O–H groups in total. The number of nitrogens with one attached hydrogen (secondary N) is 2. The van der Waals surface area contributed by atoms with Crippen molar-refractivity contribution in [3.63, 3.8) is 0 Å². The van der Waals surface area contributed by atoms with E-state index in [1.54, 1.807) is 24.4 Å². The number of anilines is 2. The van der Waals surface area contributed by atoms with Crippen molar-refractivity contribution in [3.05, 3.63) is 47.4 Å². The molecule has 6 heteroatoms. The van der Waals surface area contributed by atoms with Gasteiger partial charge in [0.2, 0.25) is 0 Å². The van der Waals surface area contributed by atoms with Gasteiger partial charge in [0.1, 0.15) is 0 Å². The van der Waals surface area contributed by atoms with Gasteiger partial charge in [0.15, 0.2) is 5.82 Å². The molecule has 0 aliphatic carbocycles. The summed E-state index contributed by atoms with van der Waals surface area (Å²) in [6, 6.07) is 5.17. The minimum Gasteiger partial charge on any atom is -0.384 e. The third-order valence-corrected chi connectivity index (χ3v) is 2.83. The summed E-state index contributed by atoms with van der Waals surface area (Å²) in [5.74, 6) is 0.130. The van der Waals surface area contributed by atoms with Gasteiger partial charge in [0, 0.05) is 29.6 Å². The Morgan fingerprint density at radius 3 is 2.90 bits per heavy atom. The molecular formula is C14H15ClN4O. The number of amides is 1. The summed E-state index contributed by atoms with van der Waals surface area (Å²) < 4.78 is 0. The number of carbonyl (C=O) groups is 1. The van der Waals surface area contributed by atoms with Crippen LogP contribution in [0.1, 0.15) is 23.7 Å². The topological polar surface area (TPSA) is 66.9 Å². The van der Waals surface area contributed by atoms with E-state index in [4.69, 9.17) is 11.6 Å². The minimum absolute atomic E-state index is 0.272. The van der Waals surface area contributed by atoms with Crippen LogP contribution in [0.15, 0.2) is 36.8 Å². The Hall–Kier alpha value is -2.14. The van der Waals surface area contributed by atoms with E-state index in [1.807, 2.05) is 0 Å². The molecule has 1 heterocycles. The van der Waals surface area contributed by atoms with Gasteiger partial charge in [-0.1, -0.05) is 18.5 Å². The van der Waals surface area contributed by atoms with Gasteiger partial charge < -0.3 is 10.6 Å². The normalized spacial score (nSPS) is 10.1. The predicted octanol–water partition coefficient (Wildman–Crippen LogP) is 3.20. The first-order chi connectivity index (χ1) is 9.70. The fourth-order valence-corrected chi connectivity index (χ4v) is 1.84. The number of nitrogens with zero attached hydrogens (tertiary/aromatic N) is 2. The summed E-state index contributed by atoms with van der Waals surface area (Å²) >= 11 is 5.96. The number of carbonyl (C=O) groups excluding carboxylic acids is 1. The molecule has 0 atom stereocenters. The lowest BCUT2D eigenvalue weighted by Gasteiger charge is -2.11. The number of hydrogen-bond donors (Lipinski definition) is 2. The molecule has 0 saturated carbocycles. The van der Waals surface area contributed by atoms with Crippen molar-refractivity contribution in [2.24, 2.45) is 0 Å². The fraction of sp³-hybridized carbons (Fsp3) is 0.214. The van der Waals surface area contributed by atoms with Crippen molar-refractivity contribution in [2.75, 3.05) is 17.2 Å². The molecule has 2 rings (SSSR count). The molecule has 1 amide bonds. The Bertz CT molecular complexity index is 589. The van der Waals surface area contributed by atoms with Gasteiger partial charge in [-0.25, -0.2) is 4.98 Å². The van der Waals surface area contributed by atoms with Crippen molar-refractivity contribution < 1.29 is 4.79 Å². The summed E-state index contributed by atoms with van der Waals surface area (Å²) in [5, 5.41) is 6.40. The Kier molecular flexibility index (Phi) is 4.90. The average Bonchev–Trinajstić information content (AvgIpc) is 2.47. The fourth-order valence-electron chi connectivity index (χ4n) is 1.67. The summed E-state index contributed by atoms with van der Waals surface area (Å²) in [7, 11) is 0. The van der Waals surface area contributed by atoms with Gasteiger partial charge in [-0.05, 0) is 24.6 Å². The maximum absolute atomic E-state index is 12.3. The van der Waals surface area contributed by atoms with E-state index in [0.29, 0.717) is 16.4 Å². The Morgan fingerprint density at radius 1 is 1.35 bits per heavy atom. The number of halogens is 1. The molecule has 0 saturated heterocycles. The highest BCUT2D eigenvalue weighted by Gasteiger charge is 2.12. The first-order valence-electron chi connectivity index (χ1n) is 6.31. The maximum Gasteiger partial charge on any atom is 0.259 e. The van der Waals surface area contributed by atoms with E-state index >= 15 is 0 Å². The zero-order valence-electron chi connectivity index (χ0n) is 11.1. The molecule has 104 valence electrons. The lowest BCUT2D eigenvalue weighted by Crippen LogP contribution is -2.16.